The molecule has 0 aromatic carbocycles. The van der Waals surface area contributed by atoms with Gasteiger partial charge in [-0.05, 0) is 32.3 Å². The Morgan fingerprint density at radius 2 is 2.17 bits per heavy atom. The minimum absolute atomic E-state index is 0.0361. The molecule has 2 heterocycles. The van der Waals surface area contributed by atoms with Crippen LogP contribution in [0, 0.1) is 31.1 Å². The van der Waals surface area contributed by atoms with E-state index in [0.29, 0.717) is 0 Å². The van der Waals surface area contributed by atoms with Crippen LogP contribution in [-0.2, 0) is 4.79 Å². The summed E-state index contributed by atoms with van der Waals surface area (Å²) in [5, 5.41) is 13.9. The van der Waals surface area contributed by atoms with Crippen LogP contribution in [0.5, 0.6) is 0 Å². The lowest BCUT2D eigenvalue weighted by Gasteiger charge is -2.27. The van der Waals surface area contributed by atoms with Crippen molar-refractivity contribution in [2.24, 2.45) is 5.92 Å². The largest absolute Gasteiger partial charge is 0.337 e. The van der Waals surface area contributed by atoms with Crippen LogP contribution >= 0.6 is 23.1 Å². The molecular formula is C16H20N4OS2. The molecule has 0 aliphatic heterocycles. The fourth-order valence-corrected chi connectivity index (χ4v) is 3.94. The van der Waals surface area contributed by atoms with Gasteiger partial charge in [0, 0.05) is 10.3 Å². The molecule has 1 atom stereocenters. The lowest BCUT2D eigenvalue weighted by Crippen LogP contribution is -2.49. The van der Waals surface area contributed by atoms with E-state index in [1.165, 1.54) is 23.0 Å². The number of thiophene rings is 1. The highest BCUT2D eigenvalue weighted by Gasteiger charge is 2.30. The Balaban J connectivity index is 2.13. The van der Waals surface area contributed by atoms with Crippen LogP contribution in [0.25, 0.3) is 10.2 Å². The van der Waals surface area contributed by atoms with E-state index in [1.54, 1.807) is 18.3 Å². The summed E-state index contributed by atoms with van der Waals surface area (Å²) in [6.45, 7) is 9.69. The van der Waals surface area contributed by atoms with Gasteiger partial charge in [0.05, 0.1) is 11.8 Å². The molecule has 1 unspecified atom stereocenters. The van der Waals surface area contributed by atoms with E-state index in [0.717, 1.165) is 20.8 Å². The minimum Gasteiger partial charge on any atom is -0.337 e. The summed E-state index contributed by atoms with van der Waals surface area (Å²) in [6, 6.07) is 2.18. The van der Waals surface area contributed by atoms with E-state index in [4.69, 9.17) is 0 Å². The van der Waals surface area contributed by atoms with E-state index in [9.17, 15) is 10.1 Å². The van der Waals surface area contributed by atoms with E-state index >= 15 is 0 Å². The Bertz CT molecular complexity index is 778. The first-order valence-electron chi connectivity index (χ1n) is 7.34. The average molecular weight is 348 g/mol. The van der Waals surface area contributed by atoms with Crippen molar-refractivity contribution in [1.82, 2.24) is 15.3 Å². The molecule has 2 aromatic rings. The van der Waals surface area contributed by atoms with Gasteiger partial charge in [-0.3, -0.25) is 4.79 Å². The summed E-state index contributed by atoms with van der Waals surface area (Å²) in [4.78, 5) is 23.0. The van der Waals surface area contributed by atoms with E-state index < -0.39 is 5.54 Å². The number of nitriles is 1. The first kappa shape index (κ1) is 17.7. The Morgan fingerprint density at radius 1 is 1.48 bits per heavy atom. The number of nitrogens with one attached hydrogen (secondary N) is 1. The molecule has 1 amide bonds. The van der Waals surface area contributed by atoms with E-state index in [1.807, 2.05) is 20.8 Å². The maximum atomic E-state index is 12.2. The molecule has 1 N–H and O–H groups in total. The summed E-state index contributed by atoms with van der Waals surface area (Å²) in [6.07, 6.45) is 1.53. The van der Waals surface area contributed by atoms with Gasteiger partial charge < -0.3 is 5.32 Å². The second kappa shape index (κ2) is 6.85. The Morgan fingerprint density at radius 3 is 2.78 bits per heavy atom. The van der Waals surface area contributed by atoms with Crippen molar-refractivity contribution in [2.45, 2.75) is 45.2 Å². The van der Waals surface area contributed by atoms with Crippen LogP contribution in [0.2, 0.25) is 0 Å². The van der Waals surface area contributed by atoms with Crippen LogP contribution in [-0.4, -0.2) is 27.2 Å². The maximum absolute atomic E-state index is 12.2. The second-order valence-corrected chi connectivity index (χ2v) is 8.12. The zero-order chi connectivity index (χ0) is 17.2. The van der Waals surface area contributed by atoms with Crippen molar-refractivity contribution < 1.29 is 4.79 Å². The highest BCUT2D eigenvalue weighted by Crippen LogP contribution is 2.34. The second-order valence-electron chi connectivity index (χ2n) is 5.95. The number of aromatic nitrogens is 2. The van der Waals surface area contributed by atoms with Gasteiger partial charge in [0.25, 0.3) is 0 Å². The number of thioether (sulfide) groups is 1. The van der Waals surface area contributed by atoms with Gasteiger partial charge in [-0.2, -0.15) is 5.26 Å². The molecule has 0 fully saturated rings. The van der Waals surface area contributed by atoms with Gasteiger partial charge in [-0.1, -0.05) is 25.6 Å². The van der Waals surface area contributed by atoms with Crippen molar-refractivity contribution in [2.75, 3.05) is 5.75 Å². The SMILES string of the molecule is Cc1sc2ncnc(SCC(=O)NC(C)(C#N)C(C)C)c2c1C. The van der Waals surface area contributed by atoms with Crippen molar-refractivity contribution in [3.05, 3.63) is 16.8 Å². The lowest BCUT2D eigenvalue weighted by molar-refractivity contribution is -0.120. The fraction of sp³-hybridized carbons (Fsp3) is 0.500. The van der Waals surface area contributed by atoms with E-state index in [2.05, 4.69) is 28.3 Å². The number of fused-ring (bicyclic) bond motifs is 1. The number of hydrogen-bond acceptors (Lipinski definition) is 6. The van der Waals surface area contributed by atoms with Gasteiger partial charge in [0.15, 0.2) is 0 Å². The molecule has 0 bridgehead atoms. The van der Waals surface area contributed by atoms with Crippen molar-refractivity contribution in [3.63, 3.8) is 0 Å². The molecule has 23 heavy (non-hydrogen) atoms. The van der Waals surface area contributed by atoms with Crippen LogP contribution in [0.15, 0.2) is 11.4 Å². The Hall–Kier alpha value is -1.65. The molecule has 0 radical (unpaired) electrons. The summed E-state index contributed by atoms with van der Waals surface area (Å²) in [5.74, 6) is 0.0999. The lowest BCUT2D eigenvalue weighted by atomic mass is 9.90. The third-order valence-electron chi connectivity index (χ3n) is 4.06. The molecule has 2 rings (SSSR count). The summed E-state index contributed by atoms with van der Waals surface area (Å²) in [5.41, 5.74) is 0.311. The molecule has 0 saturated heterocycles. The smallest absolute Gasteiger partial charge is 0.231 e. The topological polar surface area (TPSA) is 78.7 Å². The minimum atomic E-state index is -0.854. The third kappa shape index (κ3) is 3.65. The molecule has 0 aliphatic rings. The summed E-state index contributed by atoms with van der Waals surface area (Å²) < 4.78 is 0. The number of nitrogens with zero attached hydrogens (tertiary/aromatic N) is 3. The number of carbonyl (C=O) groups is 1. The van der Waals surface area contributed by atoms with Crippen molar-refractivity contribution in [1.29, 1.82) is 5.26 Å². The number of rotatable bonds is 5. The molecule has 122 valence electrons. The van der Waals surface area contributed by atoms with Gasteiger partial charge in [-0.25, -0.2) is 9.97 Å². The van der Waals surface area contributed by atoms with Crippen molar-refractivity contribution in [3.8, 4) is 6.07 Å². The number of aryl methyl sites for hydroxylation is 2. The molecule has 5 nitrogen and oxygen atoms in total. The Kier molecular flexibility index (Phi) is 5.27. The Labute approximate surface area is 144 Å². The predicted molar refractivity (Wildman–Crippen MR) is 94.6 cm³/mol. The molecule has 0 spiro atoms. The van der Waals surface area contributed by atoms with E-state index in [-0.39, 0.29) is 17.6 Å². The molecule has 0 aliphatic carbocycles. The van der Waals surface area contributed by atoms with Crippen LogP contribution < -0.4 is 5.32 Å². The fourth-order valence-electron chi connectivity index (χ4n) is 2.02. The first-order chi connectivity index (χ1) is 10.8. The zero-order valence-corrected chi connectivity index (χ0v) is 15.6. The highest BCUT2D eigenvalue weighted by atomic mass is 32.2. The van der Waals surface area contributed by atoms with Gasteiger partial charge in [0.2, 0.25) is 5.91 Å². The molecule has 0 saturated carbocycles. The van der Waals surface area contributed by atoms with Crippen LogP contribution in [0.4, 0.5) is 0 Å². The molecule has 2 aromatic heterocycles. The number of amides is 1. The average Bonchev–Trinajstić information content (AvgIpc) is 2.80. The maximum Gasteiger partial charge on any atom is 0.231 e. The molecule has 7 heteroatoms. The molecular weight excluding hydrogens is 328 g/mol. The normalized spacial score (nSPS) is 13.8. The van der Waals surface area contributed by atoms with Gasteiger partial charge in [-0.15, -0.1) is 11.3 Å². The quantitative estimate of drug-likeness (QED) is 0.661. The predicted octanol–water partition coefficient (Wildman–Crippen LogP) is 3.45. The summed E-state index contributed by atoms with van der Waals surface area (Å²) >= 11 is 3.02. The van der Waals surface area contributed by atoms with Gasteiger partial charge in [0.1, 0.15) is 21.7 Å². The first-order valence-corrected chi connectivity index (χ1v) is 9.14. The number of carbonyl (C=O) groups excluding carboxylic acids is 1. The van der Waals surface area contributed by atoms with Crippen LogP contribution in [0.3, 0.4) is 0 Å². The van der Waals surface area contributed by atoms with Gasteiger partial charge >= 0.3 is 0 Å². The highest BCUT2D eigenvalue weighted by molar-refractivity contribution is 8.00. The monoisotopic (exact) mass is 348 g/mol. The summed E-state index contributed by atoms with van der Waals surface area (Å²) in [7, 11) is 0. The van der Waals surface area contributed by atoms with Crippen LogP contribution in [0.1, 0.15) is 31.2 Å². The zero-order valence-electron chi connectivity index (χ0n) is 13.9. The third-order valence-corrected chi connectivity index (χ3v) is 6.16. The van der Waals surface area contributed by atoms with Crippen molar-refractivity contribution >= 4 is 39.2 Å². The standard InChI is InChI=1S/C16H20N4OS2/c1-9(2)16(5,7-17)20-12(21)6-22-14-13-10(3)11(4)23-15(13)19-8-18-14/h8-9H,6H2,1-5H3,(H,20,21). The number of hydrogen-bond donors (Lipinski definition) is 1.